The van der Waals surface area contributed by atoms with E-state index >= 15 is 0 Å². The van der Waals surface area contributed by atoms with Crippen molar-refractivity contribution in [3.8, 4) is 5.75 Å². The predicted octanol–water partition coefficient (Wildman–Crippen LogP) is 2.43. The molecule has 0 saturated heterocycles. The number of halogens is 1. The van der Waals surface area contributed by atoms with E-state index in [0.717, 1.165) is 10.8 Å². The molecule has 2 aromatic carbocycles. The molecule has 134 valence electrons. The molecule has 26 heavy (non-hydrogen) atoms. The molecule has 0 bridgehead atoms. The Hall–Kier alpha value is -3.19. The number of aliphatic hydroxyl groups is 1. The average Bonchev–Trinajstić information content (AvgIpc) is 2.65. The highest BCUT2D eigenvalue weighted by Crippen LogP contribution is 2.23. The summed E-state index contributed by atoms with van der Waals surface area (Å²) in [6, 6.07) is 10.3. The van der Waals surface area contributed by atoms with E-state index in [1.165, 1.54) is 19.2 Å². The zero-order valence-electron chi connectivity index (χ0n) is 14.1. The second kappa shape index (κ2) is 7.37. The number of aromatic nitrogens is 1. The minimum Gasteiger partial charge on any atom is -0.494 e. The van der Waals surface area contributed by atoms with Crippen LogP contribution >= 0.6 is 0 Å². The first-order valence-electron chi connectivity index (χ1n) is 7.92. The van der Waals surface area contributed by atoms with Gasteiger partial charge in [0.05, 0.1) is 19.8 Å². The van der Waals surface area contributed by atoms with E-state index in [1.807, 2.05) is 0 Å². The lowest BCUT2D eigenvalue weighted by Gasteiger charge is -2.17. The Labute approximate surface area is 149 Å². The number of nitrogens with zero attached hydrogens (tertiary/aromatic N) is 1. The number of carbonyl (C=O) groups is 1. The zero-order chi connectivity index (χ0) is 18.7. The summed E-state index contributed by atoms with van der Waals surface area (Å²) in [6.07, 6.45) is 1.63. The molecule has 7 heteroatoms. The topological polar surface area (TPSA) is 97.5 Å². The van der Waals surface area contributed by atoms with Crippen LogP contribution in [0.25, 0.3) is 10.8 Å². The number of amides is 1. The third-order valence-corrected chi connectivity index (χ3v) is 4.07. The number of nitrogen functional groups attached to an aromatic ring is 1. The maximum absolute atomic E-state index is 13.9. The van der Waals surface area contributed by atoms with Gasteiger partial charge in [0.25, 0.3) is 5.91 Å². The van der Waals surface area contributed by atoms with Gasteiger partial charge < -0.3 is 20.9 Å². The summed E-state index contributed by atoms with van der Waals surface area (Å²) in [6.45, 7) is -0.373. The molecule has 1 atom stereocenters. The molecular formula is C19H18FN3O3. The predicted molar refractivity (Wildman–Crippen MR) is 96.4 cm³/mol. The smallest absolute Gasteiger partial charge is 0.251 e. The number of rotatable bonds is 5. The zero-order valence-corrected chi connectivity index (χ0v) is 14.1. The van der Waals surface area contributed by atoms with E-state index < -0.39 is 17.8 Å². The van der Waals surface area contributed by atoms with Crippen molar-refractivity contribution >= 4 is 22.5 Å². The largest absolute Gasteiger partial charge is 0.494 e. The van der Waals surface area contributed by atoms with Gasteiger partial charge in [-0.15, -0.1) is 0 Å². The van der Waals surface area contributed by atoms with Crippen molar-refractivity contribution in [2.75, 3.05) is 19.5 Å². The van der Waals surface area contributed by atoms with E-state index in [9.17, 15) is 14.3 Å². The highest BCUT2D eigenvalue weighted by Gasteiger charge is 2.17. The fourth-order valence-electron chi connectivity index (χ4n) is 2.67. The van der Waals surface area contributed by atoms with Crippen LogP contribution in [0.15, 0.2) is 48.7 Å². The van der Waals surface area contributed by atoms with E-state index in [4.69, 9.17) is 10.5 Å². The first-order valence-corrected chi connectivity index (χ1v) is 7.92. The van der Waals surface area contributed by atoms with E-state index in [2.05, 4.69) is 10.3 Å². The Morgan fingerprint density at radius 3 is 2.77 bits per heavy atom. The van der Waals surface area contributed by atoms with Gasteiger partial charge in [-0.1, -0.05) is 12.1 Å². The summed E-state index contributed by atoms with van der Waals surface area (Å²) in [7, 11) is 1.37. The van der Waals surface area contributed by atoms with Crippen LogP contribution in [0, 0.1) is 5.82 Å². The van der Waals surface area contributed by atoms with E-state index in [1.54, 1.807) is 36.5 Å². The van der Waals surface area contributed by atoms with Gasteiger partial charge in [0.1, 0.15) is 5.82 Å². The minimum atomic E-state index is -0.749. The molecule has 0 fully saturated rings. The number of hydrogen-bond acceptors (Lipinski definition) is 5. The van der Waals surface area contributed by atoms with Crippen LogP contribution in [0.2, 0.25) is 0 Å². The second-order valence-electron chi connectivity index (χ2n) is 5.77. The third kappa shape index (κ3) is 3.57. The molecule has 4 N–H and O–H groups in total. The Bertz CT molecular complexity index is 962. The Morgan fingerprint density at radius 2 is 2.08 bits per heavy atom. The van der Waals surface area contributed by atoms with Crippen molar-refractivity contribution in [3.05, 3.63) is 65.6 Å². The molecule has 0 aliphatic carbocycles. The second-order valence-corrected chi connectivity index (χ2v) is 5.77. The third-order valence-electron chi connectivity index (χ3n) is 4.07. The Balaban J connectivity index is 1.84. The first kappa shape index (κ1) is 17.6. The van der Waals surface area contributed by atoms with Crippen LogP contribution in [0.4, 0.5) is 10.2 Å². The standard InChI is InChI=1S/C19H18FN3O3/c1-26-17-5-4-11(7-15(17)20)16(10-24)23-19(25)12-2-3-13-9-22-18(21)8-14(13)6-12/h2-9,16,24H,10H2,1H3,(H2,21,22)(H,23,25). The summed E-state index contributed by atoms with van der Waals surface area (Å²) in [5.41, 5.74) is 6.51. The van der Waals surface area contributed by atoms with Gasteiger partial charge in [0, 0.05) is 17.1 Å². The van der Waals surface area contributed by atoms with Crippen molar-refractivity contribution in [1.29, 1.82) is 0 Å². The lowest BCUT2D eigenvalue weighted by Crippen LogP contribution is -2.30. The molecule has 1 amide bonds. The van der Waals surface area contributed by atoms with Crippen LogP contribution in [0.3, 0.4) is 0 Å². The minimum absolute atomic E-state index is 0.0949. The molecule has 6 nitrogen and oxygen atoms in total. The number of aliphatic hydroxyl groups excluding tert-OH is 1. The quantitative estimate of drug-likeness (QED) is 0.653. The SMILES string of the molecule is COc1ccc(C(CO)NC(=O)c2ccc3cnc(N)cc3c2)cc1F. The van der Waals surface area contributed by atoms with Crippen molar-refractivity contribution in [3.63, 3.8) is 0 Å². The molecule has 1 unspecified atom stereocenters. The summed E-state index contributed by atoms with van der Waals surface area (Å²) < 4.78 is 18.8. The molecule has 3 rings (SSSR count). The van der Waals surface area contributed by atoms with Crippen LogP contribution < -0.4 is 15.8 Å². The number of ether oxygens (including phenoxy) is 1. The number of nitrogens with one attached hydrogen (secondary N) is 1. The van der Waals surface area contributed by atoms with Crippen LogP contribution in [-0.2, 0) is 0 Å². The Kier molecular flexibility index (Phi) is 4.99. The molecule has 3 aromatic rings. The molecule has 1 aromatic heterocycles. The van der Waals surface area contributed by atoms with Crippen molar-refractivity contribution in [2.45, 2.75) is 6.04 Å². The number of carbonyl (C=O) groups excluding carboxylic acids is 1. The Morgan fingerprint density at radius 1 is 1.27 bits per heavy atom. The van der Waals surface area contributed by atoms with Crippen molar-refractivity contribution < 1.29 is 19.0 Å². The summed E-state index contributed by atoms with van der Waals surface area (Å²) in [4.78, 5) is 16.5. The number of anilines is 1. The van der Waals surface area contributed by atoms with E-state index in [0.29, 0.717) is 16.9 Å². The number of methoxy groups -OCH3 is 1. The molecule has 0 aliphatic rings. The summed E-state index contributed by atoms with van der Waals surface area (Å²) in [5, 5.41) is 13.9. The molecule has 0 saturated carbocycles. The molecule has 0 radical (unpaired) electrons. The van der Waals surface area contributed by atoms with Crippen LogP contribution in [0.5, 0.6) is 5.75 Å². The van der Waals surface area contributed by atoms with Gasteiger partial charge in [-0.3, -0.25) is 4.79 Å². The number of pyridine rings is 1. The van der Waals surface area contributed by atoms with E-state index in [-0.39, 0.29) is 12.4 Å². The van der Waals surface area contributed by atoms with Gasteiger partial charge >= 0.3 is 0 Å². The van der Waals surface area contributed by atoms with Crippen molar-refractivity contribution in [2.24, 2.45) is 0 Å². The van der Waals surface area contributed by atoms with Crippen LogP contribution in [0.1, 0.15) is 22.0 Å². The fraction of sp³-hybridized carbons (Fsp3) is 0.158. The van der Waals surface area contributed by atoms with Gasteiger partial charge in [-0.05, 0) is 41.3 Å². The molecule has 0 spiro atoms. The number of benzene rings is 2. The van der Waals surface area contributed by atoms with Gasteiger partial charge in [0.15, 0.2) is 11.6 Å². The molecule has 0 aliphatic heterocycles. The number of fused-ring (bicyclic) bond motifs is 1. The monoisotopic (exact) mass is 355 g/mol. The van der Waals surface area contributed by atoms with Gasteiger partial charge in [-0.2, -0.15) is 0 Å². The molecular weight excluding hydrogens is 337 g/mol. The first-order chi connectivity index (χ1) is 12.5. The highest BCUT2D eigenvalue weighted by molar-refractivity contribution is 5.99. The number of hydrogen-bond donors (Lipinski definition) is 3. The fourth-order valence-corrected chi connectivity index (χ4v) is 2.67. The lowest BCUT2D eigenvalue weighted by molar-refractivity contribution is 0.0916. The maximum atomic E-state index is 13.9. The highest BCUT2D eigenvalue weighted by atomic mass is 19.1. The van der Waals surface area contributed by atoms with Crippen molar-refractivity contribution in [1.82, 2.24) is 10.3 Å². The van der Waals surface area contributed by atoms with Crippen LogP contribution in [-0.4, -0.2) is 29.7 Å². The number of nitrogens with two attached hydrogens (primary N) is 1. The lowest BCUT2D eigenvalue weighted by atomic mass is 10.0. The molecule has 1 heterocycles. The summed E-state index contributed by atoms with van der Waals surface area (Å²) in [5.74, 6) is -0.501. The summed E-state index contributed by atoms with van der Waals surface area (Å²) >= 11 is 0. The average molecular weight is 355 g/mol. The maximum Gasteiger partial charge on any atom is 0.251 e. The van der Waals surface area contributed by atoms with Gasteiger partial charge in [0.2, 0.25) is 0 Å². The normalized spacial score (nSPS) is 12.0. The van der Waals surface area contributed by atoms with Gasteiger partial charge in [-0.25, -0.2) is 9.37 Å².